The zero-order chi connectivity index (χ0) is 21.3. The van der Waals surface area contributed by atoms with Crippen molar-refractivity contribution in [3.8, 4) is 0 Å². The van der Waals surface area contributed by atoms with Gasteiger partial charge >= 0.3 is 6.03 Å². The number of fused-ring (bicyclic) bond motifs is 1. The SMILES string of the molecule is Cc1ccc(C)c(N2CCN(C(=O)CCN3C(=O)N=C4C=CC=CC4C3=O)CC2)c1. The fraction of sp³-hybridized carbons (Fsp3) is 0.391. The number of carbonyl (C=O) groups is 3. The quantitative estimate of drug-likeness (QED) is 0.770. The van der Waals surface area contributed by atoms with Gasteiger partial charge < -0.3 is 9.80 Å². The highest BCUT2D eigenvalue weighted by atomic mass is 16.2. The summed E-state index contributed by atoms with van der Waals surface area (Å²) < 4.78 is 0. The molecule has 30 heavy (non-hydrogen) atoms. The van der Waals surface area contributed by atoms with Crippen molar-refractivity contribution in [2.45, 2.75) is 20.3 Å². The fourth-order valence-electron chi connectivity index (χ4n) is 4.11. The van der Waals surface area contributed by atoms with Crippen LogP contribution in [-0.2, 0) is 9.59 Å². The minimum atomic E-state index is -0.584. The molecule has 156 valence electrons. The van der Waals surface area contributed by atoms with E-state index in [4.69, 9.17) is 0 Å². The van der Waals surface area contributed by atoms with Gasteiger partial charge in [0.2, 0.25) is 11.8 Å². The van der Waals surface area contributed by atoms with Crippen LogP contribution in [0.3, 0.4) is 0 Å². The Balaban J connectivity index is 1.32. The molecule has 4 rings (SSSR count). The maximum absolute atomic E-state index is 12.7. The number of allylic oxidation sites excluding steroid dienone is 3. The molecule has 1 aromatic rings. The Morgan fingerprint density at radius 2 is 1.87 bits per heavy atom. The van der Waals surface area contributed by atoms with E-state index < -0.39 is 11.9 Å². The van der Waals surface area contributed by atoms with Gasteiger partial charge in [-0.15, -0.1) is 0 Å². The molecule has 1 aromatic carbocycles. The van der Waals surface area contributed by atoms with E-state index in [9.17, 15) is 14.4 Å². The van der Waals surface area contributed by atoms with Crippen LogP contribution in [0.15, 0.2) is 47.5 Å². The van der Waals surface area contributed by atoms with Gasteiger partial charge in [-0.25, -0.2) is 4.79 Å². The van der Waals surface area contributed by atoms with Crippen molar-refractivity contribution < 1.29 is 14.4 Å². The lowest BCUT2D eigenvalue weighted by Gasteiger charge is -2.37. The van der Waals surface area contributed by atoms with Gasteiger partial charge in [0.25, 0.3) is 0 Å². The van der Waals surface area contributed by atoms with Crippen LogP contribution in [-0.4, -0.2) is 66.1 Å². The molecule has 1 saturated heterocycles. The van der Waals surface area contributed by atoms with Crippen LogP contribution in [0.1, 0.15) is 17.5 Å². The molecule has 0 bridgehead atoms. The Kier molecular flexibility index (Phi) is 5.53. The van der Waals surface area contributed by atoms with Crippen LogP contribution in [0.25, 0.3) is 0 Å². The lowest BCUT2D eigenvalue weighted by Crippen LogP contribution is -2.50. The molecule has 0 aromatic heterocycles. The summed E-state index contributed by atoms with van der Waals surface area (Å²) in [5.74, 6) is -0.868. The molecule has 7 nitrogen and oxygen atoms in total. The van der Waals surface area contributed by atoms with E-state index in [1.807, 2.05) is 4.90 Å². The summed E-state index contributed by atoms with van der Waals surface area (Å²) in [6.45, 7) is 7.05. The first kappa shape index (κ1) is 20.1. The molecule has 1 aliphatic carbocycles. The second kappa shape index (κ2) is 8.26. The van der Waals surface area contributed by atoms with E-state index in [-0.39, 0.29) is 24.8 Å². The minimum Gasteiger partial charge on any atom is -0.368 e. The second-order valence-electron chi connectivity index (χ2n) is 7.94. The standard InChI is InChI=1S/C23H26N4O3/c1-16-7-8-17(2)20(15-16)25-11-13-26(14-12-25)21(28)9-10-27-22(29)18-5-3-4-6-19(18)24-23(27)30/h3-8,15,18H,9-14H2,1-2H3. The Morgan fingerprint density at radius 1 is 1.10 bits per heavy atom. The number of anilines is 1. The smallest absolute Gasteiger partial charge is 0.350 e. The lowest BCUT2D eigenvalue weighted by atomic mass is 9.95. The number of benzene rings is 1. The van der Waals surface area contributed by atoms with Gasteiger partial charge in [0, 0.05) is 44.8 Å². The number of rotatable bonds is 4. The number of amides is 4. The molecule has 2 heterocycles. The van der Waals surface area contributed by atoms with Crippen LogP contribution in [0.4, 0.5) is 10.5 Å². The van der Waals surface area contributed by atoms with Gasteiger partial charge in [-0.05, 0) is 37.1 Å². The first-order valence-electron chi connectivity index (χ1n) is 10.3. The van der Waals surface area contributed by atoms with Crippen LogP contribution in [0.2, 0.25) is 0 Å². The van der Waals surface area contributed by atoms with Gasteiger partial charge in [-0.3, -0.25) is 14.5 Å². The predicted octanol–water partition coefficient (Wildman–Crippen LogP) is 2.49. The third kappa shape index (κ3) is 3.92. The molecule has 1 fully saturated rings. The minimum absolute atomic E-state index is 0.0370. The number of aliphatic imine (C=N–C) groups is 1. The molecule has 0 saturated carbocycles. The van der Waals surface area contributed by atoms with Gasteiger partial charge in [-0.2, -0.15) is 4.99 Å². The summed E-state index contributed by atoms with van der Waals surface area (Å²) in [6, 6.07) is 5.83. The molecule has 1 unspecified atom stereocenters. The summed E-state index contributed by atoms with van der Waals surface area (Å²) >= 11 is 0. The number of nitrogens with zero attached hydrogens (tertiary/aromatic N) is 4. The van der Waals surface area contributed by atoms with Crippen molar-refractivity contribution in [1.82, 2.24) is 9.80 Å². The van der Waals surface area contributed by atoms with E-state index >= 15 is 0 Å². The van der Waals surface area contributed by atoms with Crippen molar-refractivity contribution in [2.75, 3.05) is 37.6 Å². The van der Waals surface area contributed by atoms with Crippen LogP contribution < -0.4 is 4.90 Å². The zero-order valence-electron chi connectivity index (χ0n) is 17.4. The molecule has 3 aliphatic rings. The summed E-state index contributed by atoms with van der Waals surface area (Å²) in [5.41, 5.74) is 4.14. The summed E-state index contributed by atoms with van der Waals surface area (Å²) in [7, 11) is 0. The summed E-state index contributed by atoms with van der Waals surface area (Å²) in [4.78, 5) is 46.8. The zero-order valence-corrected chi connectivity index (χ0v) is 17.4. The highest BCUT2D eigenvalue weighted by Gasteiger charge is 2.36. The van der Waals surface area contributed by atoms with Gasteiger partial charge in [-0.1, -0.05) is 30.4 Å². The first-order valence-corrected chi connectivity index (χ1v) is 10.3. The van der Waals surface area contributed by atoms with E-state index in [0.29, 0.717) is 18.8 Å². The third-order valence-corrected chi connectivity index (χ3v) is 5.88. The average Bonchev–Trinajstić information content (AvgIpc) is 2.75. The van der Waals surface area contributed by atoms with Crippen LogP contribution in [0.5, 0.6) is 0 Å². The highest BCUT2D eigenvalue weighted by Crippen LogP contribution is 2.23. The largest absolute Gasteiger partial charge is 0.368 e. The number of aryl methyl sites for hydroxylation is 2. The first-order chi connectivity index (χ1) is 14.4. The Bertz CT molecular complexity index is 971. The lowest BCUT2D eigenvalue weighted by molar-refractivity contribution is -0.133. The Labute approximate surface area is 176 Å². The Morgan fingerprint density at radius 3 is 2.63 bits per heavy atom. The van der Waals surface area contributed by atoms with Crippen molar-refractivity contribution in [3.05, 3.63) is 53.6 Å². The average molecular weight is 406 g/mol. The monoisotopic (exact) mass is 406 g/mol. The number of carbonyl (C=O) groups excluding carboxylic acids is 3. The van der Waals surface area contributed by atoms with Crippen molar-refractivity contribution in [3.63, 3.8) is 0 Å². The molecule has 7 heteroatoms. The molecule has 4 amide bonds. The number of hydrogen-bond acceptors (Lipinski definition) is 4. The molecule has 0 N–H and O–H groups in total. The predicted molar refractivity (Wildman–Crippen MR) is 116 cm³/mol. The van der Waals surface area contributed by atoms with Crippen LogP contribution >= 0.6 is 0 Å². The van der Waals surface area contributed by atoms with Crippen molar-refractivity contribution in [1.29, 1.82) is 0 Å². The molecular weight excluding hydrogens is 380 g/mol. The number of hydrogen-bond donors (Lipinski definition) is 0. The van der Waals surface area contributed by atoms with Crippen LogP contribution in [0, 0.1) is 19.8 Å². The number of imide groups is 1. The highest BCUT2D eigenvalue weighted by molar-refractivity contribution is 6.21. The van der Waals surface area contributed by atoms with Gasteiger partial charge in [0.15, 0.2) is 0 Å². The van der Waals surface area contributed by atoms with E-state index in [1.165, 1.54) is 16.8 Å². The third-order valence-electron chi connectivity index (χ3n) is 5.88. The van der Waals surface area contributed by atoms with E-state index in [2.05, 4.69) is 41.9 Å². The number of piperazine rings is 1. The molecule has 0 spiro atoms. The number of urea groups is 1. The van der Waals surface area contributed by atoms with Gasteiger partial charge in [0.1, 0.15) is 0 Å². The molecule has 2 aliphatic heterocycles. The second-order valence-corrected chi connectivity index (χ2v) is 7.94. The van der Waals surface area contributed by atoms with Crippen molar-refractivity contribution >= 4 is 29.2 Å². The molecular formula is C23H26N4O3. The van der Waals surface area contributed by atoms with E-state index in [0.717, 1.165) is 18.0 Å². The van der Waals surface area contributed by atoms with E-state index in [1.54, 1.807) is 24.3 Å². The fourth-order valence-corrected chi connectivity index (χ4v) is 4.11. The van der Waals surface area contributed by atoms with Crippen molar-refractivity contribution in [2.24, 2.45) is 10.9 Å². The maximum Gasteiger partial charge on any atom is 0.350 e. The maximum atomic E-state index is 12.7. The summed E-state index contributed by atoms with van der Waals surface area (Å²) in [6.07, 6.45) is 7.06. The van der Waals surface area contributed by atoms with Gasteiger partial charge in [0.05, 0.1) is 11.6 Å². The summed E-state index contributed by atoms with van der Waals surface area (Å²) in [5, 5.41) is 0. The molecule has 1 atom stereocenters. The molecule has 0 radical (unpaired) electrons. The topological polar surface area (TPSA) is 73.3 Å². The normalized spacial score (nSPS) is 21.1. The Hall–Kier alpha value is -3.22.